The van der Waals surface area contributed by atoms with Gasteiger partial charge in [-0.05, 0) is 37.1 Å². The Labute approximate surface area is 171 Å². The van der Waals surface area contributed by atoms with Crippen LogP contribution in [-0.2, 0) is 4.79 Å². The number of fused-ring (bicyclic) bond motifs is 1. The van der Waals surface area contributed by atoms with E-state index in [1.54, 1.807) is 29.9 Å². The summed E-state index contributed by atoms with van der Waals surface area (Å²) in [5.41, 5.74) is 1.19. The maximum Gasteiger partial charge on any atom is 0.321 e. The van der Waals surface area contributed by atoms with Crippen LogP contribution in [0.1, 0.15) is 20.8 Å². The van der Waals surface area contributed by atoms with Crippen molar-refractivity contribution in [3.05, 3.63) is 42.6 Å². The zero-order chi connectivity index (χ0) is 21.0. The lowest BCUT2D eigenvalue weighted by Crippen LogP contribution is -2.43. The van der Waals surface area contributed by atoms with Crippen molar-refractivity contribution in [1.29, 1.82) is 0 Å². The molecule has 0 unspecified atom stereocenters. The zero-order valence-corrected chi connectivity index (χ0v) is 17.0. The van der Waals surface area contributed by atoms with E-state index in [0.717, 1.165) is 0 Å². The molecule has 0 aliphatic carbocycles. The number of carbonyl (C=O) groups is 2. The predicted octanol–water partition coefficient (Wildman–Crippen LogP) is 2.92. The van der Waals surface area contributed by atoms with Crippen molar-refractivity contribution in [3.63, 3.8) is 0 Å². The number of carbonyl (C=O) groups excluding carboxylic acids is 2. The normalized spacial score (nSPS) is 12.2. The summed E-state index contributed by atoms with van der Waals surface area (Å²) in [6.07, 6.45) is 2.98. The third-order valence-electron chi connectivity index (χ3n) is 3.97. The summed E-state index contributed by atoms with van der Waals surface area (Å²) < 4.78 is 14.8. The van der Waals surface area contributed by atoms with Crippen molar-refractivity contribution in [2.45, 2.75) is 31.0 Å². The van der Waals surface area contributed by atoms with Gasteiger partial charge >= 0.3 is 6.03 Å². The molecule has 0 aliphatic heterocycles. The quantitative estimate of drug-likeness (QED) is 0.473. The molecule has 3 amide bonds. The fraction of sp³-hybridized carbons (Fsp3) is 0.316. The van der Waals surface area contributed by atoms with E-state index >= 15 is 0 Å². The average molecular weight is 416 g/mol. The highest BCUT2D eigenvalue weighted by Crippen LogP contribution is 2.28. The number of benzene rings is 1. The number of urea groups is 1. The van der Waals surface area contributed by atoms with Gasteiger partial charge in [0.25, 0.3) is 0 Å². The minimum absolute atomic E-state index is 0.287. The lowest BCUT2D eigenvalue weighted by molar-refractivity contribution is -0.119. The van der Waals surface area contributed by atoms with Crippen LogP contribution in [-0.4, -0.2) is 43.5 Å². The number of thioether (sulfide) groups is 1. The van der Waals surface area contributed by atoms with Gasteiger partial charge in [0.05, 0.1) is 22.5 Å². The summed E-state index contributed by atoms with van der Waals surface area (Å²) in [7, 11) is 0. The number of aromatic nitrogens is 4. The molecule has 3 aromatic rings. The Balaban J connectivity index is 1.74. The number of nitrogens with one attached hydrogen (secondary N) is 2. The lowest BCUT2D eigenvalue weighted by atomic mass is 10.2. The van der Waals surface area contributed by atoms with Gasteiger partial charge in [-0.1, -0.05) is 25.6 Å². The maximum absolute atomic E-state index is 13.2. The second kappa shape index (κ2) is 8.99. The fourth-order valence-corrected chi connectivity index (χ4v) is 3.34. The molecule has 2 N–H and O–H groups in total. The highest BCUT2D eigenvalue weighted by molar-refractivity contribution is 8.00. The molecule has 2 aromatic heterocycles. The third kappa shape index (κ3) is 5.08. The molecular formula is C19H21FN6O2S. The number of imide groups is 1. The monoisotopic (exact) mass is 416 g/mol. The first kappa shape index (κ1) is 20.7. The molecule has 10 heteroatoms. The number of hydrogen-bond acceptors (Lipinski definition) is 6. The summed E-state index contributed by atoms with van der Waals surface area (Å²) in [6, 6.07) is 5.37. The van der Waals surface area contributed by atoms with Gasteiger partial charge in [0, 0.05) is 6.54 Å². The molecule has 3 rings (SSSR count). The molecule has 0 saturated heterocycles. The van der Waals surface area contributed by atoms with Gasteiger partial charge in [0.15, 0.2) is 5.65 Å². The van der Waals surface area contributed by atoms with E-state index in [1.807, 2.05) is 13.8 Å². The highest BCUT2D eigenvalue weighted by atomic mass is 32.2. The van der Waals surface area contributed by atoms with Crippen molar-refractivity contribution in [1.82, 2.24) is 30.4 Å². The summed E-state index contributed by atoms with van der Waals surface area (Å²) in [5, 5.41) is 9.94. The molecule has 0 fully saturated rings. The Hall–Kier alpha value is -3.01. The summed E-state index contributed by atoms with van der Waals surface area (Å²) in [4.78, 5) is 32.6. The van der Waals surface area contributed by atoms with Gasteiger partial charge in [0.1, 0.15) is 17.2 Å². The van der Waals surface area contributed by atoms with Gasteiger partial charge in [-0.3, -0.25) is 10.1 Å². The van der Waals surface area contributed by atoms with Crippen molar-refractivity contribution >= 4 is 34.7 Å². The van der Waals surface area contributed by atoms with E-state index in [1.165, 1.54) is 30.2 Å². The smallest absolute Gasteiger partial charge is 0.321 e. The number of halogens is 1. The number of hydrogen-bond donors (Lipinski definition) is 2. The minimum Gasteiger partial charge on any atom is -0.338 e. The average Bonchev–Trinajstić information content (AvgIpc) is 3.12. The second-order valence-electron chi connectivity index (χ2n) is 6.80. The van der Waals surface area contributed by atoms with Gasteiger partial charge in [-0.25, -0.2) is 23.8 Å². The van der Waals surface area contributed by atoms with Crippen LogP contribution in [0.3, 0.4) is 0 Å². The zero-order valence-electron chi connectivity index (χ0n) is 16.2. The second-order valence-corrected chi connectivity index (χ2v) is 8.13. The van der Waals surface area contributed by atoms with E-state index in [9.17, 15) is 14.0 Å². The van der Waals surface area contributed by atoms with Crippen LogP contribution in [0, 0.1) is 11.7 Å². The van der Waals surface area contributed by atoms with Gasteiger partial charge in [-0.15, -0.1) is 0 Å². The first-order valence-corrected chi connectivity index (χ1v) is 9.93. The Bertz CT molecular complexity index is 1020. The Morgan fingerprint density at radius 2 is 1.90 bits per heavy atom. The standard InChI is InChI=1S/C19H21FN6O2S/c1-11(2)8-21-19(28)25-17(27)12(3)29-18-15-9-24-26(16(15)22-10-23-18)14-6-4-13(20)5-7-14/h4-7,9-12H,8H2,1-3H3,(H2,21,25,27,28)/t12-/m1/s1. The van der Waals surface area contributed by atoms with E-state index in [-0.39, 0.29) is 11.7 Å². The van der Waals surface area contributed by atoms with Crippen LogP contribution >= 0.6 is 11.8 Å². The van der Waals surface area contributed by atoms with Crippen LogP contribution in [0.15, 0.2) is 41.8 Å². The summed E-state index contributed by atoms with van der Waals surface area (Å²) in [6.45, 7) is 6.10. The molecule has 0 bridgehead atoms. The van der Waals surface area contributed by atoms with E-state index < -0.39 is 17.2 Å². The Kier molecular flexibility index (Phi) is 6.42. The molecule has 152 valence electrons. The van der Waals surface area contributed by atoms with E-state index in [0.29, 0.717) is 28.3 Å². The van der Waals surface area contributed by atoms with Crippen LogP contribution < -0.4 is 10.6 Å². The van der Waals surface area contributed by atoms with E-state index in [4.69, 9.17) is 0 Å². The van der Waals surface area contributed by atoms with Gasteiger partial charge in [-0.2, -0.15) is 5.10 Å². The number of rotatable bonds is 6. The number of nitrogens with zero attached hydrogens (tertiary/aromatic N) is 4. The molecule has 1 atom stereocenters. The molecule has 0 saturated carbocycles. The van der Waals surface area contributed by atoms with Crippen LogP contribution in [0.4, 0.5) is 9.18 Å². The molecule has 0 aliphatic rings. The molecule has 29 heavy (non-hydrogen) atoms. The summed E-state index contributed by atoms with van der Waals surface area (Å²) >= 11 is 1.20. The topological polar surface area (TPSA) is 102 Å². The van der Waals surface area contributed by atoms with Crippen molar-refractivity contribution < 1.29 is 14.0 Å². The SMILES string of the molecule is CC(C)CNC(=O)NC(=O)[C@@H](C)Sc1ncnc2c1cnn2-c1ccc(F)cc1. The largest absolute Gasteiger partial charge is 0.338 e. The fourth-order valence-electron chi connectivity index (χ4n) is 2.46. The number of amides is 3. The summed E-state index contributed by atoms with van der Waals surface area (Å²) in [5.74, 6) is -0.475. The third-order valence-corrected chi connectivity index (χ3v) is 5.08. The Morgan fingerprint density at radius 3 is 2.59 bits per heavy atom. The molecule has 0 spiro atoms. The predicted molar refractivity (Wildman–Crippen MR) is 108 cm³/mol. The minimum atomic E-state index is -0.563. The molecule has 0 radical (unpaired) electrons. The van der Waals surface area contributed by atoms with Crippen LogP contribution in [0.25, 0.3) is 16.7 Å². The maximum atomic E-state index is 13.2. The first-order chi connectivity index (χ1) is 13.8. The molecule has 1 aromatic carbocycles. The van der Waals surface area contributed by atoms with Crippen molar-refractivity contribution in [2.75, 3.05) is 6.54 Å². The van der Waals surface area contributed by atoms with E-state index in [2.05, 4.69) is 25.7 Å². The Morgan fingerprint density at radius 1 is 1.17 bits per heavy atom. The van der Waals surface area contributed by atoms with Crippen molar-refractivity contribution in [3.8, 4) is 5.69 Å². The van der Waals surface area contributed by atoms with Gasteiger partial charge < -0.3 is 5.32 Å². The molecular weight excluding hydrogens is 395 g/mol. The first-order valence-electron chi connectivity index (χ1n) is 9.05. The molecule has 8 nitrogen and oxygen atoms in total. The highest BCUT2D eigenvalue weighted by Gasteiger charge is 2.20. The van der Waals surface area contributed by atoms with Crippen molar-refractivity contribution in [2.24, 2.45) is 5.92 Å². The van der Waals surface area contributed by atoms with Crippen LogP contribution in [0.2, 0.25) is 0 Å². The molecule has 2 heterocycles. The lowest BCUT2D eigenvalue weighted by Gasteiger charge is -2.12. The van der Waals surface area contributed by atoms with Gasteiger partial charge in [0.2, 0.25) is 5.91 Å². The van der Waals surface area contributed by atoms with Crippen LogP contribution in [0.5, 0.6) is 0 Å².